The van der Waals surface area contributed by atoms with E-state index in [-0.39, 0.29) is 0 Å². The number of rotatable bonds is 3. The first-order valence-corrected chi connectivity index (χ1v) is 5.97. The summed E-state index contributed by atoms with van der Waals surface area (Å²) in [4.78, 5) is 11.1. The lowest BCUT2D eigenvalue weighted by Crippen LogP contribution is -2.15. The first-order valence-electron chi connectivity index (χ1n) is 5.97. The second-order valence-electron chi connectivity index (χ2n) is 4.69. The van der Waals surface area contributed by atoms with Crippen LogP contribution in [0.4, 0.5) is 0 Å². The van der Waals surface area contributed by atoms with Crippen LogP contribution in [0.3, 0.4) is 0 Å². The molecule has 0 aliphatic rings. The molecule has 94 valence electrons. The quantitative estimate of drug-likeness (QED) is 0.897. The Morgan fingerprint density at radius 3 is 2.33 bits per heavy atom. The third-order valence-corrected chi connectivity index (χ3v) is 3.11. The predicted molar refractivity (Wildman–Crippen MR) is 71.7 cm³/mol. The van der Waals surface area contributed by atoms with Crippen molar-refractivity contribution in [1.82, 2.24) is 4.57 Å². The van der Waals surface area contributed by atoms with E-state index in [1.165, 1.54) is 5.56 Å². The maximum atomic E-state index is 11.1. The Labute approximate surface area is 107 Å². The number of carbonyl (C=O) groups is 1. The van der Waals surface area contributed by atoms with Gasteiger partial charge in [-0.2, -0.15) is 0 Å². The van der Waals surface area contributed by atoms with Crippen LogP contribution in [0.25, 0.3) is 11.3 Å². The van der Waals surface area contributed by atoms with Crippen LogP contribution in [0.2, 0.25) is 0 Å². The number of hydrogen-bond acceptors (Lipinski definition) is 1. The molecule has 3 nitrogen and oxygen atoms in total. The Morgan fingerprint density at radius 1 is 1.17 bits per heavy atom. The second kappa shape index (κ2) is 4.69. The maximum Gasteiger partial charge on any atom is 0.326 e. The van der Waals surface area contributed by atoms with E-state index >= 15 is 0 Å². The summed E-state index contributed by atoms with van der Waals surface area (Å²) in [5.41, 5.74) is 4.25. The van der Waals surface area contributed by atoms with Gasteiger partial charge in [0, 0.05) is 11.9 Å². The zero-order valence-corrected chi connectivity index (χ0v) is 10.8. The highest BCUT2D eigenvalue weighted by atomic mass is 16.4. The molecule has 0 aliphatic carbocycles. The van der Waals surface area contributed by atoms with E-state index < -0.39 is 12.0 Å². The summed E-state index contributed by atoms with van der Waals surface area (Å²) in [6.45, 7) is 5.70. The largest absolute Gasteiger partial charge is 0.480 e. The van der Waals surface area contributed by atoms with E-state index in [0.29, 0.717) is 0 Å². The van der Waals surface area contributed by atoms with Crippen LogP contribution in [0.15, 0.2) is 36.5 Å². The Hall–Kier alpha value is -2.03. The van der Waals surface area contributed by atoms with Gasteiger partial charge in [-0.25, -0.2) is 4.79 Å². The minimum atomic E-state index is -0.820. The molecule has 3 heteroatoms. The highest BCUT2D eigenvalue weighted by Crippen LogP contribution is 2.26. The number of carboxylic acids is 1. The lowest BCUT2D eigenvalue weighted by molar-refractivity contribution is -0.140. The normalized spacial score (nSPS) is 12.4. The van der Waals surface area contributed by atoms with E-state index in [1.54, 1.807) is 6.92 Å². The Morgan fingerprint density at radius 2 is 1.78 bits per heavy atom. The van der Waals surface area contributed by atoms with Gasteiger partial charge in [-0.1, -0.05) is 29.8 Å². The standard InChI is InChI=1S/C15H17NO2/c1-10-4-6-13(7-5-10)14-8-11(2)9-16(14)12(3)15(17)18/h4-9,12H,1-3H3,(H,17,18). The number of aryl methyl sites for hydroxylation is 2. The van der Waals surface area contributed by atoms with Crippen LogP contribution in [-0.2, 0) is 4.79 Å². The highest BCUT2D eigenvalue weighted by molar-refractivity contribution is 5.73. The summed E-state index contributed by atoms with van der Waals surface area (Å²) in [5.74, 6) is -0.820. The van der Waals surface area contributed by atoms with E-state index in [0.717, 1.165) is 16.8 Å². The van der Waals surface area contributed by atoms with Crippen molar-refractivity contribution in [1.29, 1.82) is 0 Å². The zero-order chi connectivity index (χ0) is 13.3. The summed E-state index contributed by atoms with van der Waals surface area (Å²) < 4.78 is 1.81. The number of aromatic nitrogens is 1. The van der Waals surface area contributed by atoms with Gasteiger partial charge in [0.1, 0.15) is 6.04 Å². The molecule has 1 unspecified atom stereocenters. The van der Waals surface area contributed by atoms with Gasteiger partial charge in [-0.05, 0) is 38.0 Å². The van der Waals surface area contributed by atoms with Crippen LogP contribution in [0, 0.1) is 13.8 Å². The molecule has 0 fully saturated rings. The van der Waals surface area contributed by atoms with Crippen LogP contribution < -0.4 is 0 Å². The number of aliphatic carboxylic acids is 1. The monoisotopic (exact) mass is 243 g/mol. The SMILES string of the molecule is Cc1ccc(-c2cc(C)cn2C(C)C(=O)O)cc1. The van der Waals surface area contributed by atoms with Crippen molar-refractivity contribution in [3.05, 3.63) is 47.7 Å². The first-order chi connectivity index (χ1) is 8.49. The first kappa shape index (κ1) is 12.4. The maximum absolute atomic E-state index is 11.1. The van der Waals surface area contributed by atoms with Crippen molar-refractivity contribution in [2.75, 3.05) is 0 Å². The molecule has 2 aromatic rings. The molecule has 0 saturated carbocycles. The van der Waals surface area contributed by atoms with Gasteiger partial charge in [-0.15, -0.1) is 0 Å². The van der Waals surface area contributed by atoms with Gasteiger partial charge < -0.3 is 9.67 Å². The van der Waals surface area contributed by atoms with Crippen molar-refractivity contribution in [2.45, 2.75) is 26.8 Å². The van der Waals surface area contributed by atoms with Gasteiger partial charge in [0.05, 0.1) is 0 Å². The second-order valence-corrected chi connectivity index (χ2v) is 4.69. The van der Waals surface area contributed by atoms with E-state index in [2.05, 4.69) is 0 Å². The molecule has 1 atom stereocenters. The molecule has 1 heterocycles. The number of nitrogens with zero attached hydrogens (tertiary/aromatic N) is 1. The lowest BCUT2D eigenvalue weighted by atomic mass is 10.1. The van der Waals surface area contributed by atoms with Crippen molar-refractivity contribution < 1.29 is 9.90 Å². The summed E-state index contributed by atoms with van der Waals surface area (Å²) in [6.07, 6.45) is 1.88. The van der Waals surface area contributed by atoms with Crippen molar-refractivity contribution in [2.24, 2.45) is 0 Å². The molecule has 2 rings (SSSR count). The molecule has 0 aliphatic heterocycles. The van der Waals surface area contributed by atoms with Crippen molar-refractivity contribution in [3.8, 4) is 11.3 Å². The van der Waals surface area contributed by atoms with Gasteiger partial charge in [0.15, 0.2) is 0 Å². The van der Waals surface area contributed by atoms with Crippen LogP contribution >= 0.6 is 0 Å². The average Bonchev–Trinajstić information content (AvgIpc) is 2.71. The fourth-order valence-corrected chi connectivity index (χ4v) is 2.01. The van der Waals surface area contributed by atoms with E-state index in [4.69, 9.17) is 5.11 Å². The van der Waals surface area contributed by atoms with Crippen molar-refractivity contribution >= 4 is 5.97 Å². The van der Waals surface area contributed by atoms with Crippen molar-refractivity contribution in [3.63, 3.8) is 0 Å². The van der Waals surface area contributed by atoms with Crippen LogP contribution in [0.5, 0.6) is 0 Å². The highest BCUT2D eigenvalue weighted by Gasteiger charge is 2.17. The summed E-state index contributed by atoms with van der Waals surface area (Å²) in [7, 11) is 0. The predicted octanol–water partition coefficient (Wildman–Crippen LogP) is 3.42. The van der Waals surface area contributed by atoms with Crippen LogP contribution in [-0.4, -0.2) is 15.6 Å². The number of benzene rings is 1. The fourth-order valence-electron chi connectivity index (χ4n) is 2.01. The molecule has 0 saturated heterocycles. The van der Waals surface area contributed by atoms with Gasteiger partial charge in [0.2, 0.25) is 0 Å². The van der Waals surface area contributed by atoms with E-state index in [9.17, 15) is 4.79 Å². The Balaban J connectivity index is 2.50. The lowest BCUT2D eigenvalue weighted by Gasteiger charge is -2.13. The Bertz CT molecular complexity index is 567. The minimum Gasteiger partial charge on any atom is -0.480 e. The third-order valence-electron chi connectivity index (χ3n) is 3.11. The van der Waals surface area contributed by atoms with Crippen LogP contribution in [0.1, 0.15) is 24.1 Å². The molecule has 1 aromatic heterocycles. The minimum absolute atomic E-state index is 0.560. The molecule has 0 radical (unpaired) electrons. The van der Waals surface area contributed by atoms with E-state index in [1.807, 2.05) is 54.9 Å². The Kier molecular flexibility index (Phi) is 3.24. The average molecular weight is 243 g/mol. The summed E-state index contributed by atoms with van der Waals surface area (Å²) in [5, 5.41) is 9.14. The topological polar surface area (TPSA) is 42.2 Å². The zero-order valence-electron chi connectivity index (χ0n) is 10.8. The molecular weight excluding hydrogens is 226 g/mol. The van der Waals surface area contributed by atoms with Gasteiger partial charge >= 0.3 is 5.97 Å². The number of hydrogen-bond donors (Lipinski definition) is 1. The number of carboxylic acid groups (broad SMARTS) is 1. The molecule has 1 aromatic carbocycles. The van der Waals surface area contributed by atoms with Gasteiger partial charge in [-0.3, -0.25) is 0 Å². The molecule has 0 bridgehead atoms. The molecule has 18 heavy (non-hydrogen) atoms. The molecule has 0 spiro atoms. The molecule has 0 amide bonds. The fraction of sp³-hybridized carbons (Fsp3) is 0.267. The summed E-state index contributed by atoms with van der Waals surface area (Å²) >= 11 is 0. The molecular formula is C15H17NO2. The molecule has 1 N–H and O–H groups in total. The third kappa shape index (κ3) is 2.30. The smallest absolute Gasteiger partial charge is 0.326 e. The summed E-state index contributed by atoms with van der Waals surface area (Å²) in [6, 6.07) is 9.57. The van der Waals surface area contributed by atoms with Gasteiger partial charge in [0.25, 0.3) is 0 Å².